The minimum Gasteiger partial charge on any atom is -0.469 e. The Labute approximate surface area is 64.2 Å². The second-order valence-corrected chi connectivity index (χ2v) is 2.77. The second-order valence-electron chi connectivity index (χ2n) is 2.77. The molecule has 0 spiro atoms. The summed E-state index contributed by atoms with van der Waals surface area (Å²) in [6, 6.07) is 0. The van der Waals surface area contributed by atoms with Crippen LogP contribution >= 0.6 is 0 Å². The van der Waals surface area contributed by atoms with Crippen LogP contribution in [0.4, 0.5) is 4.39 Å². The fourth-order valence-electron chi connectivity index (χ4n) is 1.36. The lowest BCUT2D eigenvalue weighted by Gasteiger charge is -2.09. The number of aliphatic hydroxyl groups excluding tert-OH is 1. The molecule has 1 aliphatic rings. The average Bonchev–Trinajstić information content (AvgIpc) is 2.28. The molecule has 1 N–H and O–H groups in total. The van der Waals surface area contributed by atoms with Crippen molar-refractivity contribution < 1.29 is 19.0 Å². The zero-order valence-electron chi connectivity index (χ0n) is 6.29. The van der Waals surface area contributed by atoms with E-state index in [1.165, 1.54) is 7.11 Å². The molecule has 1 saturated carbocycles. The molecule has 0 aromatic heterocycles. The van der Waals surface area contributed by atoms with Crippen LogP contribution in [0.25, 0.3) is 0 Å². The molecule has 0 aromatic carbocycles. The van der Waals surface area contributed by atoms with Gasteiger partial charge in [-0.3, -0.25) is 4.79 Å². The fourth-order valence-corrected chi connectivity index (χ4v) is 1.36. The summed E-state index contributed by atoms with van der Waals surface area (Å²) >= 11 is 0. The van der Waals surface area contributed by atoms with E-state index in [4.69, 9.17) is 5.11 Å². The summed E-state index contributed by atoms with van der Waals surface area (Å²) in [5, 5.41) is 9.12. The summed E-state index contributed by atoms with van der Waals surface area (Å²) in [6.07, 6.45) is -1.78. The number of aliphatic hydroxyl groups is 1. The number of halogens is 1. The minimum absolute atomic E-state index is 0.0553. The third-order valence-electron chi connectivity index (χ3n) is 1.98. The maximum atomic E-state index is 12.6. The maximum absolute atomic E-state index is 12.6. The van der Waals surface area contributed by atoms with Crippen molar-refractivity contribution in [1.82, 2.24) is 0 Å². The van der Waals surface area contributed by atoms with Gasteiger partial charge in [-0.15, -0.1) is 0 Å². The quantitative estimate of drug-likeness (QED) is 0.563. The highest BCUT2D eigenvalue weighted by atomic mass is 19.1. The molecule has 3 atom stereocenters. The Morgan fingerprint density at radius 2 is 2.27 bits per heavy atom. The topological polar surface area (TPSA) is 46.5 Å². The van der Waals surface area contributed by atoms with Gasteiger partial charge in [0.2, 0.25) is 0 Å². The Morgan fingerprint density at radius 3 is 2.64 bits per heavy atom. The van der Waals surface area contributed by atoms with Crippen molar-refractivity contribution in [2.75, 3.05) is 7.11 Å². The predicted molar refractivity (Wildman–Crippen MR) is 35.6 cm³/mol. The third kappa shape index (κ3) is 1.68. The van der Waals surface area contributed by atoms with E-state index < -0.39 is 24.2 Å². The molecular weight excluding hydrogens is 151 g/mol. The summed E-state index contributed by atoms with van der Waals surface area (Å²) < 4.78 is 16.9. The second kappa shape index (κ2) is 3.17. The maximum Gasteiger partial charge on any atom is 0.311 e. The molecule has 0 radical (unpaired) electrons. The summed E-state index contributed by atoms with van der Waals surface area (Å²) in [7, 11) is 1.24. The molecule has 0 heterocycles. The molecule has 0 aliphatic heterocycles. The van der Waals surface area contributed by atoms with Gasteiger partial charge in [-0.1, -0.05) is 0 Å². The standard InChI is InChI=1S/C7H11FO3/c1-11-7(10)5-2-4(8)3-6(5)9/h4-6,9H,2-3H2,1H3/t4-,5+,6+/m0/s1. The highest BCUT2D eigenvalue weighted by Crippen LogP contribution is 2.28. The summed E-state index contributed by atoms with van der Waals surface area (Å²) in [4.78, 5) is 10.8. The Kier molecular flexibility index (Phi) is 2.44. The van der Waals surface area contributed by atoms with Crippen LogP contribution in [0.5, 0.6) is 0 Å². The molecule has 0 unspecified atom stereocenters. The smallest absolute Gasteiger partial charge is 0.311 e. The molecule has 0 bridgehead atoms. The molecule has 4 heteroatoms. The normalized spacial score (nSPS) is 37.2. The zero-order valence-corrected chi connectivity index (χ0v) is 6.29. The van der Waals surface area contributed by atoms with Crippen molar-refractivity contribution in [3.8, 4) is 0 Å². The zero-order chi connectivity index (χ0) is 8.43. The summed E-state index contributed by atoms with van der Waals surface area (Å²) in [5.74, 6) is -1.17. The summed E-state index contributed by atoms with van der Waals surface area (Å²) in [6.45, 7) is 0. The van der Waals surface area contributed by atoms with E-state index >= 15 is 0 Å². The van der Waals surface area contributed by atoms with Gasteiger partial charge in [-0.05, 0) is 6.42 Å². The lowest BCUT2D eigenvalue weighted by Crippen LogP contribution is -2.23. The van der Waals surface area contributed by atoms with Gasteiger partial charge in [0.1, 0.15) is 6.17 Å². The van der Waals surface area contributed by atoms with Gasteiger partial charge in [0.15, 0.2) is 0 Å². The third-order valence-corrected chi connectivity index (χ3v) is 1.98. The van der Waals surface area contributed by atoms with Gasteiger partial charge in [0, 0.05) is 6.42 Å². The number of hydrogen-bond donors (Lipinski definition) is 1. The van der Waals surface area contributed by atoms with Crippen molar-refractivity contribution in [2.45, 2.75) is 25.1 Å². The van der Waals surface area contributed by atoms with E-state index in [2.05, 4.69) is 4.74 Å². The van der Waals surface area contributed by atoms with Gasteiger partial charge in [-0.25, -0.2) is 4.39 Å². The molecule has 0 aromatic rings. The van der Waals surface area contributed by atoms with Gasteiger partial charge in [-0.2, -0.15) is 0 Å². The van der Waals surface area contributed by atoms with Crippen molar-refractivity contribution in [1.29, 1.82) is 0 Å². The van der Waals surface area contributed by atoms with E-state index in [1.807, 2.05) is 0 Å². The van der Waals surface area contributed by atoms with Crippen LogP contribution in [0.15, 0.2) is 0 Å². The number of carbonyl (C=O) groups is 1. The first-order valence-corrected chi connectivity index (χ1v) is 3.55. The van der Waals surface area contributed by atoms with Crippen molar-refractivity contribution in [3.05, 3.63) is 0 Å². The highest BCUT2D eigenvalue weighted by Gasteiger charge is 2.38. The monoisotopic (exact) mass is 162 g/mol. The van der Waals surface area contributed by atoms with Crippen LogP contribution in [-0.4, -0.2) is 30.5 Å². The van der Waals surface area contributed by atoms with E-state index in [1.54, 1.807) is 0 Å². The minimum atomic E-state index is -1.06. The molecule has 0 amide bonds. The number of hydrogen-bond acceptors (Lipinski definition) is 3. The average molecular weight is 162 g/mol. The van der Waals surface area contributed by atoms with Crippen LogP contribution in [0.3, 0.4) is 0 Å². The molecule has 1 aliphatic carbocycles. The Morgan fingerprint density at radius 1 is 1.64 bits per heavy atom. The van der Waals surface area contributed by atoms with Crippen LogP contribution in [-0.2, 0) is 9.53 Å². The number of rotatable bonds is 1. The molecule has 1 rings (SSSR count). The molecular formula is C7H11FO3. The van der Waals surface area contributed by atoms with E-state index in [-0.39, 0.29) is 12.8 Å². The first-order valence-electron chi connectivity index (χ1n) is 3.55. The molecule has 64 valence electrons. The number of carbonyl (C=O) groups excluding carboxylic acids is 1. The number of esters is 1. The number of ether oxygens (including phenoxy) is 1. The Balaban J connectivity index is 2.52. The van der Waals surface area contributed by atoms with Crippen LogP contribution in [0.2, 0.25) is 0 Å². The van der Waals surface area contributed by atoms with Crippen molar-refractivity contribution in [2.24, 2.45) is 5.92 Å². The lowest BCUT2D eigenvalue weighted by atomic mass is 10.1. The fraction of sp³-hybridized carbons (Fsp3) is 0.857. The number of alkyl halides is 1. The Hall–Kier alpha value is -0.640. The van der Waals surface area contributed by atoms with Gasteiger partial charge < -0.3 is 9.84 Å². The van der Waals surface area contributed by atoms with E-state index in [0.29, 0.717) is 0 Å². The summed E-state index contributed by atoms with van der Waals surface area (Å²) in [5.41, 5.74) is 0. The SMILES string of the molecule is COC(=O)[C@@H]1C[C@H](F)C[C@H]1O. The van der Waals surface area contributed by atoms with E-state index in [0.717, 1.165) is 0 Å². The van der Waals surface area contributed by atoms with Crippen LogP contribution in [0, 0.1) is 5.92 Å². The van der Waals surface area contributed by atoms with Gasteiger partial charge in [0.05, 0.1) is 19.1 Å². The number of methoxy groups -OCH3 is 1. The first kappa shape index (κ1) is 8.46. The van der Waals surface area contributed by atoms with Gasteiger partial charge in [0.25, 0.3) is 0 Å². The Bertz CT molecular complexity index is 160. The van der Waals surface area contributed by atoms with Crippen molar-refractivity contribution >= 4 is 5.97 Å². The first-order chi connectivity index (χ1) is 5.15. The predicted octanol–water partition coefficient (Wildman–Crippen LogP) is 0.268. The highest BCUT2D eigenvalue weighted by molar-refractivity contribution is 5.73. The van der Waals surface area contributed by atoms with Crippen molar-refractivity contribution in [3.63, 3.8) is 0 Å². The lowest BCUT2D eigenvalue weighted by molar-refractivity contribution is -0.148. The molecule has 0 saturated heterocycles. The van der Waals surface area contributed by atoms with E-state index in [9.17, 15) is 9.18 Å². The molecule has 1 fully saturated rings. The molecule has 11 heavy (non-hydrogen) atoms. The van der Waals surface area contributed by atoms with Crippen LogP contribution in [0.1, 0.15) is 12.8 Å². The van der Waals surface area contributed by atoms with Gasteiger partial charge >= 0.3 is 5.97 Å². The largest absolute Gasteiger partial charge is 0.469 e. The van der Waals surface area contributed by atoms with Crippen LogP contribution < -0.4 is 0 Å². The molecule has 3 nitrogen and oxygen atoms in total.